The summed E-state index contributed by atoms with van der Waals surface area (Å²) in [4.78, 5) is 4.79. The summed E-state index contributed by atoms with van der Waals surface area (Å²) in [5.74, 6) is 2.01. The average Bonchev–Trinajstić information content (AvgIpc) is 2.62. The number of aryl methyl sites for hydroxylation is 1. The summed E-state index contributed by atoms with van der Waals surface area (Å²) in [5.41, 5.74) is 6.76. The van der Waals surface area contributed by atoms with E-state index in [-0.39, 0.29) is 0 Å². The molecule has 4 nitrogen and oxygen atoms in total. The van der Waals surface area contributed by atoms with Gasteiger partial charge in [0.2, 0.25) is 0 Å². The molecule has 1 aromatic rings. The van der Waals surface area contributed by atoms with Crippen LogP contribution in [0.1, 0.15) is 17.1 Å². The molecule has 1 aliphatic rings. The van der Waals surface area contributed by atoms with Gasteiger partial charge < -0.3 is 15.1 Å². The standard InChI is InChI=1S/C12H21N3O/c1-10-11(8-13)7-12(16-10)9-15-5-3-14(2)4-6-15/h7H,3-6,8-9,13H2,1-2H3. The second-order valence-electron chi connectivity index (χ2n) is 4.58. The number of rotatable bonds is 3. The van der Waals surface area contributed by atoms with Gasteiger partial charge in [-0.1, -0.05) is 0 Å². The number of nitrogens with zero attached hydrogens (tertiary/aromatic N) is 2. The van der Waals surface area contributed by atoms with Crippen molar-refractivity contribution in [3.63, 3.8) is 0 Å². The summed E-state index contributed by atoms with van der Waals surface area (Å²) in [6, 6.07) is 2.09. The summed E-state index contributed by atoms with van der Waals surface area (Å²) in [6.45, 7) is 7.98. The van der Waals surface area contributed by atoms with Gasteiger partial charge in [0.05, 0.1) is 6.54 Å². The van der Waals surface area contributed by atoms with Gasteiger partial charge in [-0.25, -0.2) is 0 Å². The maximum Gasteiger partial charge on any atom is 0.118 e. The number of furan rings is 1. The lowest BCUT2D eigenvalue weighted by Crippen LogP contribution is -2.43. The molecule has 2 rings (SSSR count). The van der Waals surface area contributed by atoms with Crippen molar-refractivity contribution in [2.24, 2.45) is 5.73 Å². The number of piperazine rings is 1. The first kappa shape index (κ1) is 11.6. The minimum Gasteiger partial charge on any atom is -0.465 e. The fraction of sp³-hybridized carbons (Fsp3) is 0.667. The first-order valence-electron chi connectivity index (χ1n) is 5.88. The summed E-state index contributed by atoms with van der Waals surface area (Å²) in [5, 5.41) is 0. The van der Waals surface area contributed by atoms with Gasteiger partial charge in [-0.05, 0) is 20.0 Å². The molecular weight excluding hydrogens is 202 g/mol. The van der Waals surface area contributed by atoms with Gasteiger partial charge in [-0.15, -0.1) is 0 Å². The van der Waals surface area contributed by atoms with Crippen LogP contribution in [0.3, 0.4) is 0 Å². The summed E-state index contributed by atoms with van der Waals surface area (Å²) in [7, 11) is 2.17. The third-order valence-corrected chi connectivity index (χ3v) is 3.27. The highest BCUT2D eigenvalue weighted by Gasteiger charge is 2.16. The molecule has 0 aromatic carbocycles. The van der Waals surface area contributed by atoms with Crippen molar-refractivity contribution in [1.29, 1.82) is 0 Å². The van der Waals surface area contributed by atoms with Crippen LogP contribution in [0.2, 0.25) is 0 Å². The van der Waals surface area contributed by atoms with E-state index in [9.17, 15) is 0 Å². The van der Waals surface area contributed by atoms with E-state index in [0.29, 0.717) is 6.54 Å². The predicted molar refractivity (Wildman–Crippen MR) is 64.1 cm³/mol. The Bertz CT molecular complexity index is 340. The van der Waals surface area contributed by atoms with Gasteiger partial charge >= 0.3 is 0 Å². The lowest BCUT2D eigenvalue weighted by molar-refractivity contribution is 0.140. The second-order valence-corrected chi connectivity index (χ2v) is 4.58. The zero-order valence-electron chi connectivity index (χ0n) is 10.2. The third kappa shape index (κ3) is 2.64. The Morgan fingerprint density at radius 3 is 2.56 bits per heavy atom. The van der Waals surface area contributed by atoms with Crippen molar-refractivity contribution in [3.8, 4) is 0 Å². The van der Waals surface area contributed by atoms with E-state index < -0.39 is 0 Å². The van der Waals surface area contributed by atoms with Crippen molar-refractivity contribution < 1.29 is 4.42 Å². The Morgan fingerprint density at radius 1 is 1.31 bits per heavy atom. The highest BCUT2D eigenvalue weighted by atomic mass is 16.3. The van der Waals surface area contributed by atoms with Gasteiger partial charge in [-0.3, -0.25) is 4.90 Å². The molecule has 0 spiro atoms. The molecule has 2 N–H and O–H groups in total. The molecule has 2 heterocycles. The van der Waals surface area contributed by atoms with E-state index >= 15 is 0 Å². The summed E-state index contributed by atoms with van der Waals surface area (Å²) >= 11 is 0. The number of nitrogens with two attached hydrogens (primary N) is 1. The van der Waals surface area contributed by atoms with Crippen LogP contribution < -0.4 is 5.73 Å². The molecule has 1 aromatic heterocycles. The molecule has 16 heavy (non-hydrogen) atoms. The summed E-state index contributed by atoms with van der Waals surface area (Å²) in [6.07, 6.45) is 0. The van der Waals surface area contributed by atoms with Gasteiger partial charge in [0.15, 0.2) is 0 Å². The molecule has 0 aliphatic carbocycles. The van der Waals surface area contributed by atoms with E-state index in [4.69, 9.17) is 10.2 Å². The van der Waals surface area contributed by atoms with Crippen LogP contribution >= 0.6 is 0 Å². The minimum absolute atomic E-state index is 0.568. The zero-order chi connectivity index (χ0) is 11.5. The van der Waals surface area contributed by atoms with E-state index in [1.165, 1.54) is 0 Å². The Balaban J connectivity index is 1.93. The van der Waals surface area contributed by atoms with Crippen LogP contribution in [-0.2, 0) is 13.1 Å². The number of likely N-dealkylation sites (N-methyl/N-ethyl adjacent to an activating group) is 1. The topological polar surface area (TPSA) is 45.6 Å². The van der Waals surface area contributed by atoms with Crippen molar-refractivity contribution >= 4 is 0 Å². The fourth-order valence-electron chi connectivity index (χ4n) is 2.09. The smallest absolute Gasteiger partial charge is 0.118 e. The first-order chi connectivity index (χ1) is 7.69. The highest BCUT2D eigenvalue weighted by Crippen LogP contribution is 2.16. The van der Waals surface area contributed by atoms with Crippen LogP contribution in [0.5, 0.6) is 0 Å². The van der Waals surface area contributed by atoms with Crippen LogP contribution in [0.15, 0.2) is 10.5 Å². The molecule has 0 unspecified atom stereocenters. The van der Waals surface area contributed by atoms with Crippen molar-refractivity contribution in [3.05, 3.63) is 23.2 Å². The molecule has 0 bridgehead atoms. The molecule has 0 atom stereocenters. The largest absolute Gasteiger partial charge is 0.465 e. The maximum absolute atomic E-state index is 5.70. The Kier molecular flexibility index (Phi) is 3.63. The zero-order valence-corrected chi connectivity index (χ0v) is 10.2. The lowest BCUT2D eigenvalue weighted by atomic mass is 10.2. The molecule has 0 amide bonds. The van der Waals surface area contributed by atoms with Crippen molar-refractivity contribution in [2.45, 2.75) is 20.0 Å². The molecule has 0 saturated carbocycles. The van der Waals surface area contributed by atoms with Gasteiger partial charge in [-0.2, -0.15) is 0 Å². The average molecular weight is 223 g/mol. The normalized spacial score (nSPS) is 19.2. The SMILES string of the molecule is Cc1oc(CN2CCN(C)CC2)cc1CN. The van der Waals surface area contributed by atoms with Crippen LogP contribution in [0.25, 0.3) is 0 Å². The molecule has 90 valence electrons. The Labute approximate surface area is 97.0 Å². The van der Waals surface area contributed by atoms with Crippen molar-refractivity contribution in [2.75, 3.05) is 33.2 Å². The molecule has 1 aliphatic heterocycles. The fourth-order valence-corrected chi connectivity index (χ4v) is 2.09. The molecule has 0 radical (unpaired) electrons. The number of hydrogen-bond acceptors (Lipinski definition) is 4. The first-order valence-corrected chi connectivity index (χ1v) is 5.88. The van der Waals surface area contributed by atoms with E-state index in [1.807, 2.05) is 6.92 Å². The summed E-state index contributed by atoms with van der Waals surface area (Å²) < 4.78 is 5.70. The van der Waals surface area contributed by atoms with Crippen LogP contribution in [0, 0.1) is 6.92 Å². The minimum atomic E-state index is 0.568. The predicted octanol–water partition coefficient (Wildman–Crippen LogP) is 0.794. The van der Waals surface area contributed by atoms with Crippen molar-refractivity contribution in [1.82, 2.24) is 9.80 Å². The number of hydrogen-bond donors (Lipinski definition) is 1. The van der Waals surface area contributed by atoms with Gasteiger partial charge in [0.25, 0.3) is 0 Å². The van der Waals surface area contributed by atoms with Crippen LogP contribution in [0.4, 0.5) is 0 Å². The second kappa shape index (κ2) is 4.99. The Hall–Kier alpha value is -0.840. The Morgan fingerprint density at radius 2 is 2.00 bits per heavy atom. The lowest BCUT2D eigenvalue weighted by Gasteiger charge is -2.31. The van der Waals surface area contributed by atoms with E-state index in [1.54, 1.807) is 0 Å². The van der Waals surface area contributed by atoms with E-state index in [0.717, 1.165) is 49.8 Å². The quantitative estimate of drug-likeness (QED) is 0.823. The van der Waals surface area contributed by atoms with Gasteiger partial charge in [0.1, 0.15) is 11.5 Å². The third-order valence-electron chi connectivity index (χ3n) is 3.27. The van der Waals surface area contributed by atoms with E-state index in [2.05, 4.69) is 22.9 Å². The molecule has 1 fully saturated rings. The highest BCUT2D eigenvalue weighted by molar-refractivity contribution is 5.20. The molecule has 4 heteroatoms. The molecule has 1 saturated heterocycles. The maximum atomic E-state index is 5.70. The van der Waals surface area contributed by atoms with Crippen LogP contribution in [-0.4, -0.2) is 43.0 Å². The molecular formula is C12H21N3O. The monoisotopic (exact) mass is 223 g/mol. The van der Waals surface area contributed by atoms with Gasteiger partial charge in [0, 0.05) is 38.3 Å².